The summed E-state index contributed by atoms with van der Waals surface area (Å²) in [4.78, 5) is 24.8. The van der Waals surface area contributed by atoms with Crippen molar-refractivity contribution < 1.29 is 14.3 Å². The van der Waals surface area contributed by atoms with Crippen LogP contribution < -0.4 is 10.1 Å². The molecule has 108 valence electrons. The van der Waals surface area contributed by atoms with Gasteiger partial charge in [-0.25, -0.2) is 4.79 Å². The summed E-state index contributed by atoms with van der Waals surface area (Å²) in [5.41, 5.74) is 1.13. The van der Waals surface area contributed by atoms with E-state index in [0.29, 0.717) is 17.0 Å². The second-order valence-electron chi connectivity index (χ2n) is 4.61. The minimum Gasteiger partial charge on any atom is -0.410 e. The summed E-state index contributed by atoms with van der Waals surface area (Å²) >= 11 is 0. The quantitative estimate of drug-likeness (QED) is 0.942. The van der Waals surface area contributed by atoms with Crippen molar-refractivity contribution in [3.63, 3.8) is 0 Å². The molecule has 0 fully saturated rings. The van der Waals surface area contributed by atoms with Crippen molar-refractivity contribution >= 4 is 17.7 Å². The molecule has 0 aliphatic carbocycles. The Morgan fingerprint density at radius 2 is 1.71 bits per heavy atom. The lowest BCUT2D eigenvalue weighted by Crippen LogP contribution is -2.25. The Labute approximate surface area is 123 Å². The highest BCUT2D eigenvalue weighted by molar-refractivity contribution is 6.04. The molecule has 2 aromatic carbocycles. The third-order valence-corrected chi connectivity index (χ3v) is 2.70. The molecule has 0 aromatic heterocycles. The molecule has 2 aromatic rings. The van der Waals surface area contributed by atoms with Crippen LogP contribution in [0.2, 0.25) is 0 Å². The largest absolute Gasteiger partial charge is 0.414 e. The molecule has 0 radical (unpaired) electrons. The number of hydrogen-bond acceptors (Lipinski definition) is 3. The zero-order valence-electron chi connectivity index (χ0n) is 11.9. The number of carbonyl (C=O) groups is 2. The van der Waals surface area contributed by atoms with E-state index in [4.69, 9.17) is 4.74 Å². The van der Waals surface area contributed by atoms with E-state index < -0.39 is 6.09 Å². The van der Waals surface area contributed by atoms with E-state index in [1.54, 1.807) is 62.6 Å². The Balaban J connectivity index is 2.08. The number of ether oxygens (including phenoxy) is 1. The van der Waals surface area contributed by atoms with Gasteiger partial charge in [0.05, 0.1) is 0 Å². The first-order chi connectivity index (χ1) is 10.1. The van der Waals surface area contributed by atoms with Crippen LogP contribution in [-0.2, 0) is 0 Å². The van der Waals surface area contributed by atoms with Crippen LogP contribution in [0, 0.1) is 0 Å². The van der Waals surface area contributed by atoms with Crippen molar-refractivity contribution in [2.24, 2.45) is 0 Å². The first kappa shape index (κ1) is 14.6. The molecule has 0 aliphatic heterocycles. The van der Waals surface area contributed by atoms with Crippen LogP contribution in [0.4, 0.5) is 10.5 Å². The smallest absolute Gasteiger partial charge is 0.410 e. The molecule has 5 heteroatoms. The summed E-state index contributed by atoms with van der Waals surface area (Å²) in [5.74, 6) is 0.159. The predicted octanol–water partition coefficient (Wildman–Crippen LogP) is 3.00. The SMILES string of the molecule is CN(C)C(=O)Oc1cccc(NC(=O)c2ccccc2)c1. The summed E-state index contributed by atoms with van der Waals surface area (Å²) in [5, 5.41) is 2.76. The molecular weight excluding hydrogens is 268 g/mol. The zero-order chi connectivity index (χ0) is 15.2. The Hall–Kier alpha value is -2.82. The van der Waals surface area contributed by atoms with Gasteiger partial charge in [0.15, 0.2) is 0 Å². The van der Waals surface area contributed by atoms with Gasteiger partial charge in [-0.05, 0) is 24.3 Å². The Kier molecular flexibility index (Phi) is 4.56. The number of hydrogen-bond donors (Lipinski definition) is 1. The maximum Gasteiger partial charge on any atom is 0.414 e. The van der Waals surface area contributed by atoms with Gasteiger partial charge in [0, 0.05) is 31.4 Å². The molecule has 0 bridgehead atoms. The van der Waals surface area contributed by atoms with Crippen molar-refractivity contribution in [3.05, 3.63) is 60.2 Å². The molecule has 5 nitrogen and oxygen atoms in total. The fourth-order valence-corrected chi connectivity index (χ4v) is 1.62. The highest BCUT2D eigenvalue weighted by atomic mass is 16.6. The van der Waals surface area contributed by atoms with Crippen LogP contribution in [0.15, 0.2) is 54.6 Å². The van der Waals surface area contributed by atoms with Gasteiger partial charge in [-0.2, -0.15) is 0 Å². The Morgan fingerprint density at radius 3 is 2.38 bits per heavy atom. The maximum atomic E-state index is 12.0. The topological polar surface area (TPSA) is 58.6 Å². The molecule has 0 atom stereocenters. The first-order valence-corrected chi connectivity index (χ1v) is 6.42. The number of benzene rings is 2. The Morgan fingerprint density at radius 1 is 1.00 bits per heavy atom. The standard InChI is InChI=1S/C16H16N2O3/c1-18(2)16(20)21-14-10-6-9-13(11-14)17-15(19)12-7-4-3-5-8-12/h3-11H,1-2H3,(H,17,19). The van der Waals surface area contributed by atoms with Crippen molar-refractivity contribution in [2.75, 3.05) is 19.4 Å². The molecule has 0 saturated carbocycles. The minimum absolute atomic E-state index is 0.216. The second kappa shape index (κ2) is 6.56. The number of anilines is 1. The van der Waals surface area contributed by atoms with E-state index >= 15 is 0 Å². The van der Waals surface area contributed by atoms with Crippen LogP contribution >= 0.6 is 0 Å². The van der Waals surface area contributed by atoms with Crippen molar-refractivity contribution in [1.82, 2.24) is 4.90 Å². The van der Waals surface area contributed by atoms with Crippen LogP contribution in [-0.4, -0.2) is 31.0 Å². The third kappa shape index (κ3) is 4.07. The molecule has 0 heterocycles. The van der Waals surface area contributed by atoms with Gasteiger partial charge in [0.25, 0.3) is 5.91 Å². The minimum atomic E-state index is -0.471. The molecule has 2 amide bonds. The lowest BCUT2D eigenvalue weighted by atomic mass is 10.2. The molecular formula is C16H16N2O3. The zero-order valence-corrected chi connectivity index (χ0v) is 11.9. The van der Waals surface area contributed by atoms with E-state index in [2.05, 4.69) is 5.32 Å². The normalized spacial score (nSPS) is 9.81. The van der Waals surface area contributed by atoms with E-state index in [1.807, 2.05) is 6.07 Å². The van der Waals surface area contributed by atoms with E-state index in [1.165, 1.54) is 4.90 Å². The van der Waals surface area contributed by atoms with Crippen LogP contribution in [0.1, 0.15) is 10.4 Å². The predicted molar refractivity (Wildman–Crippen MR) is 80.5 cm³/mol. The molecule has 21 heavy (non-hydrogen) atoms. The third-order valence-electron chi connectivity index (χ3n) is 2.70. The van der Waals surface area contributed by atoms with Crippen molar-refractivity contribution in [1.29, 1.82) is 0 Å². The summed E-state index contributed by atoms with van der Waals surface area (Å²) in [6.45, 7) is 0. The van der Waals surface area contributed by atoms with Crippen molar-refractivity contribution in [3.8, 4) is 5.75 Å². The van der Waals surface area contributed by atoms with E-state index in [0.717, 1.165) is 0 Å². The van der Waals surface area contributed by atoms with Crippen LogP contribution in [0.5, 0.6) is 5.75 Å². The van der Waals surface area contributed by atoms with E-state index in [-0.39, 0.29) is 5.91 Å². The average Bonchev–Trinajstić information content (AvgIpc) is 2.48. The number of carbonyl (C=O) groups excluding carboxylic acids is 2. The fourth-order valence-electron chi connectivity index (χ4n) is 1.62. The number of nitrogens with zero attached hydrogens (tertiary/aromatic N) is 1. The molecule has 0 spiro atoms. The average molecular weight is 284 g/mol. The second-order valence-corrected chi connectivity index (χ2v) is 4.61. The first-order valence-electron chi connectivity index (χ1n) is 6.42. The lowest BCUT2D eigenvalue weighted by Gasteiger charge is -2.11. The van der Waals surface area contributed by atoms with Gasteiger partial charge in [0.2, 0.25) is 0 Å². The molecule has 0 saturated heterocycles. The lowest BCUT2D eigenvalue weighted by molar-refractivity contribution is 0.102. The van der Waals surface area contributed by atoms with Gasteiger partial charge in [-0.1, -0.05) is 24.3 Å². The highest BCUT2D eigenvalue weighted by Crippen LogP contribution is 2.18. The Bertz CT molecular complexity index is 639. The van der Waals surface area contributed by atoms with E-state index in [9.17, 15) is 9.59 Å². The van der Waals surface area contributed by atoms with Gasteiger partial charge in [-0.15, -0.1) is 0 Å². The summed E-state index contributed by atoms with van der Waals surface area (Å²) in [6.07, 6.45) is -0.471. The maximum absolute atomic E-state index is 12.0. The van der Waals surface area contributed by atoms with Crippen LogP contribution in [0.25, 0.3) is 0 Å². The molecule has 0 aliphatic rings. The summed E-state index contributed by atoms with van der Waals surface area (Å²) in [7, 11) is 3.20. The molecule has 0 unspecified atom stereocenters. The van der Waals surface area contributed by atoms with Crippen LogP contribution in [0.3, 0.4) is 0 Å². The van der Waals surface area contributed by atoms with Gasteiger partial charge in [0.1, 0.15) is 5.75 Å². The molecule has 1 N–H and O–H groups in total. The van der Waals surface area contributed by atoms with Gasteiger partial charge < -0.3 is 15.0 Å². The number of amides is 2. The monoisotopic (exact) mass is 284 g/mol. The fraction of sp³-hybridized carbons (Fsp3) is 0.125. The van der Waals surface area contributed by atoms with Crippen molar-refractivity contribution in [2.45, 2.75) is 0 Å². The van der Waals surface area contributed by atoms with Gasteiger partial charge >= 0.3 is 6.09 Å². The highest BCUT2D eigenvalue weighted by Gasteiger charge is 2.09. The number of nitrogens with one attached hydrogen (secondary N) is 1. The molecule has 2 rings (SSSR count). The number of rotatable bonds is 3. The summed E-state index contributed by atoms with van der Waals surface area (Å²) in [6, 6.07) is 15.6. The summed E-state index contributed by atoms with van der Waals surface area (Å²) < 4.78 is 5.14. The van der Waals surface area contributed by atoms with Gasteiger partial charge in [-0.3, -0.25) is 4.79 Å².